The molecule has 0 aliphatic carbocycles. The molecule has 22 heavy (non-hydrogen) atoms. The monoisotopic (exact) mass is 312 g/mol. The van der Waals surface area contributed by atoms with E-state index >= 15 is 0 Å². The fraction of sp³-hybridized carbons (Fsp3) is 0.0625. The van der Waals surface area contributed by atoms with Gasteiger partial charge in [0, 0.05) is 10.5 Å². The molecule has 0 atom stereocenters. The van der Waals surface area contributed by atoms with E-state index in [0.717, 1.165) is 5.56 Å². The average molecular weight is 312 g/mol. The maximum atomic E-state index is 11.2. The minimum atomic E-state index is -0.946. The van der Waals surface area contributed by atoms with Crippen LogP contribution in [0.1, 0.15) is 16.2 Å². The summed E-state index contributed by atoms with van der Waals surface area (Å²) in [6.07, 6.45) is 0. The molecule has 0 aliphatic rings. The maximum Gasteiger partial charge on any atom is 0.336 e. The van der Waals surface area contributed by atoms with Crippen LogP contribution >= 0.6 is 11.8 Å². The zero-order valence-corrected chi connectivity index (χ0v) is 12.3. The van der Waals surface area contributed by atoms with E-state index in [4.69, 9.17) is 9.52 Å². The molecule has 3 aromatic rings. The summed E-state index contributed by atoms with van der Waals surface area (Å²) in [5.74, 6) is 0.398. The van der Waals surface area contributed by atoms with Crippen molar-refractivity contribution in [3.8, 4) is 11.5 Å². The molecular formula is C16H12N2O3S. The molecule has 0 fully saturated rings. The minimum absolute atomic E-state index is 0.273. The van der Waals surface area contributed by atoms with Gasteiger partial charge in [0.05, 0.1) is 11.3 Å². The third-order valence-electron chi connectivity index (χ3n) is 2.96. The predicted molar refractivity (Wildman–Crippen MR) is 82.7 cm³/mol. The lowest BCUT2D eigenvalue weighted by atomic mass is 10.2. The van der Waals surface area contributed by atoms with Gasteiger partial charge in [0.25, 0.3) is 0 Å². The molecule has 0 saturated carbocycles. The quantitative estimate of drug-likeness (QED) is 0.723. The van der Waals surface area contributed by atoms with E-state index < -0.39 is 5.97 Å². The molecular weight excluding hydrogens is 300 g/mol. The lowest BCUT2D eigenvalue weighted by molar-refractivity contribution is 0.0693. The largest absolute Gasteiger partial charge is 0.478 e. The van der Waals surface area contributed by atoms with E-state index in [2.05, 4.69) is 10.2 Å². The molecule has 3 rings (SSSR count). The average Bonchev–Trinajstić information content (AvgIpc) is 3.03. The van der Waals surface area contributed by atoms with Crippen LogP contribution in [0, 0.1) is 0 Å². The van der Waals surface area contributed by atoms with Crippen LogP contribution in [0.25, 0.3) is 11.5 Å². The van der Waals surface area contributed by atoms with Crippen molar-refractivity contribution in [2.75, 3.05) is 0 Å². The first-order valence-electron chi connectivity index (χ1n) is 6.57. The number of aromatic nitrogens is 2. The van der Waals surface area contributed by atoms with Crippen LogP contribution in [0.15, 0.2) is 63.9 Å². The van der Waals surface area contributed by atoms with Gasteiger partial charge in [-0.25, -0.2) is 4.79 Å². The highest BCUT2D eigenvalue weighted by atomic mass is 32.2. The van der Waals surface area contributed by atoms with Crippen molar-refractivity contribution in [3.63, 3.8) is 0 Å². The Morgan fingerprint density at radius 2 is 1.77 bits per heavy atom. The number of carboxylic acids is 1. The molecule has 1 heterocycles. The normalized spacial score (nSPS) is 10.5. The highest BCUT2D eigenvalue weighted by Gasteiger charge is 2.12. The summed E-state index contributed by atoms with van der Waals surface area (Å²) < 4.78 is 5.60. The summed E-state index contributed by atoms with van der Waals surface area (Å²) in [6.45, 7) is 0. The second-order valence-corrected chi connectivity index (χ2v) is 5.47. The Balaban J connectivity index is 1.73. The maximum absolute atomic E-state index is 11.2. The lowest BCUT2D eigenvalue weighted by Gasteiger charge is -2.03. The van der Waals surface area contributed by atoms with Crippen LogP contribution in [-0.4, -0.2) is 21.3 Å². The first-order chi connectivity index (χ1) is 10.7. The zero-order chi connectivity index (χ0) is 15.4. The number of carboxylic acid groups (broad SMARTS) is 1. The summed E-state index contributed by atoms with van der Waals surface area (Å²) in [5, 5.41) is 17.2. The third-order valence-corrected chi connectivity index (χ3v) is 4.01. The van der Waals surface area contributed by atoms with Gasteiger partial charge in [0.2, 0.25) is 11.8 Å². The van der Waals surface area contributed by atoms with Crippen molar-refractivity contribution in [2.24, 2.45) is 0 Å². The van der Waals surface area contributed by atoms with Crippen LogP contribution in [-0.2, 0) is 5.75 Å². The minimum Gasteiger partial charge on any atom is -0.478 e. The summed E-state index contributed by atoms with van der Waals surface area (Å²) in [7, 11) is 0. The van der Waals surface area contributed by atoms with E-state index in [1.54, 1.807) is 24.3 Å². The molecule has 0 amide bonds. The van der Waals surface area contributed by atoms with Gasteiger partial charge in [-0.05, 0) is 24.3 Å². The Bertz CT molecular complexity index is 787. The smallest absolute Gasteiger partial charge is 0.336 e. The molecule has 0 aliphatic heterocycles. The lowest BCUT2D eigenvalue weighted by Crippen LogP contribution is -1.98. The predicted octanol–water partition coefficient (Wildman–Crippen LogP) is 3.73. The number of thioether (sulfide) groups is 1. The summed E-state index contributed by atoms with van der Waals surface area (Å²) in [4.78, 5) is 11.8. The molecule has 0 bridgehead atoms. The van der Waals surface area contributed by atoms with Gasteiger partial charge in [-0.2, -0.15) is 0 Å². The topological polar surface area (TPSA) is 76.2 Å². The molecule has 5 nitrogen and oxygen atoms in total. The fourth-order valence-electron chi connectivity index (χ4n) is 1.92. The summed E-state index contributed by atoms with van der Waals surface area (Å²) in [5.41, 5.74) is 1.13. The van der Waals surface area contributed by atoms with Gasteiger partial charge in [-0.1, -0.05) is 30.3 Å². The fourth-order valence-corrected chi connectivity index (χ4v) is 2.80. The number of carbonyl (C=O) groups is 1. The SMILES string of the molecule is O=C(O)c1ccccc1SCc1nnc(-c2ccccc2)o1. The van der Waals surface area contributed by atoms with Gasteiger partial charge in [-0.3, -0.25) is 0 Å². The summed E-state index contributed by atoms with van der Waals surface area (Å²) in [6, 6.07) is 16.4. The van der Waals surface area contributed by atoms with Crippen molar-refractivity contribution in [1.29, 1.82) is 0 Å². The van der Waals surface area contributed by atoms with Crippen molar-refractivity contribution >= 4 is 17.7 Å². The molecule has 1 aromatic heterocycles. The summed E-state index contributed by atoms with van der Waals surface area (Å²) >= 11 is 1.36. The van der Waals surface area contributed by atoms with Crippen molar-refractivity contribution in [1.82, 2.24) is 10.2 Å². The number of nitrogens with zero attached hydrogens (tertiary/aromatic N) is 2. The highest BCUT2D eigenvalue weighted by molar-refractivity contribution is 7.98. The Kier molecular flexibility index (Phi) is 4.20. The number of aromatic carboxylic acids is 1. The van der Waals surface area contributed by atoms with E-state index in [1.807, 2.05) is 30.3 Å². The van der Waals surface area contributed by atoms with Gasteiger partial charge in [0.1, 0.15) is 0 Å². The van der Waals surface area contributed by atoms with Crippen molar-refractivity contribution in [3.05, 3.63) is 66.1 Å². The molecule has 0 unspecified atom stereocenters. The number of rotatable bonds is 5. The van der Waals surface area contributed by atoms with Crippen LogP contribution in [0.3, 0.4) is 0 Å². The van der Waals surface area contributed by atoms with E-state index in [1.165, 1.54) is 11.8 Å². The van der Waals surface area contributed by atoms with Gasteiger partial charge in [0.15, 0.2) is 0 Å². The van der Waals surface area contributed by atoms with E-state index in [-0.39, 0.29) is 5.56 Å². The molecule has 2 aromatic carbocycles. The van der Waals surface area contributed by atoms with Crippen LogP contribution < -0.4 is 0 Å². The van der Waals surface area contributed by atoms with Crippen molar-refractivity contribution < 1.29 is 14.3 Å². The number of hydrogen-bond acceptors (Lipinski definition) is 5. The van der Waals surface area contributed by atoms with Crippen molar-refractivity contribution in [2.45, 2.75) is 10.6 Å². The van der Waals surface area contributed by atoms with Crippen LogP contribution in [0.4, 0.5) is 0 Å². The Morgan fingerprint density at radius 1 is 1.05 bits per heavy atom. The second kappa shape index (κ2) is 6.44. The standard InChI is InChI=1S/C16H12N2O3S/c19-16(20)12-8-4-5-9-13(12)22-10-14-17-18-15(21-14)11-6-2-1-3-7-11/h1-9H,10H2,(H,19,20). The zero-order valence-electron chi connectivity index (χ0n) is 11.5. The highest BCUT2D eigenvalue weighted by Crippen LogP contribution is 2.27. The molecule has 110 valence electrons. The van der Waals surface area contributed by atoms with Crippen LogP contribution in [0.5, 0.6) is 0 Å². The van der Waals surface area contributed by atoms with Gasteiger partial charge < -0.3 is 9.52 Å². The molecule has 0 radical (unpaired) electrons. The Hall–Kier alpha value is -2.60. The second-order valence-electron chi connectivity index (χ2n) is 4.46. The first-order valence-corrected chi connectivity index (χ1v) is 7.55. The third kappa shape index (κ3) is 3.17. The Labute approximate surface area is 131 Å². The van der Waals surface area contributed by atoms with Gasteiger partial charge >= 0.3 is 5.97 Å². The Morgan fingerprint density at radius 3 is 2.55 bits per heavy atom. The number of benzene rings is 2. The molecule has 0 spiro atoms. The number of hydrogen-bond donors (Lipinski definition) is 1. The molecule has 6 heteroatoms. The first kappa shape index (κ1) is 14.3. The van der Waals surface area contributed by atoms with Gasteiger partial charge in [-0.15, -0.1) is 22.0 Å². The van der Waals surface area contributed by atoms with E-state index in [0.29, 0.717) is 22.4 Å². The van der Waals surface area contributed by atoms with Crippen LogP contribution in [0.2, 0.25) is 0 Å². The molecule has 0 saturated heterocycles. The van der Waals surface area contributed by atoms with E-state index in [9.17, 15) is 4.79 Å². The molecule has 1 N–H and O–H groups in total.